The van der Waals surface area contributed by atoms with Gasteiger partial charge in [0.15, 0.2) is 0 Å². The van der Waals surface area contributed by atoms with E-state index in [2.05, 4.69) is 15.6 Å². The first-order chi connectivity index (χ1) is 10.6. The molecule has 0 radical (unpaired) electrons. The number of rotatable bonds is 4. The van der Waals surface area contributed by atoms with Gasteiger partial charge < -0.3 is 10.6 Å². The van der Waals surface area contributed by atoms with E-state index in [4.69, 9.17) is 5.26 Å². The minimum absolute atomic E-state index is 0.176. The lowest BCUT2D eigenvalue weighted by Crippen LogP contribution is -2.23. The molecule has 0 spiro atoms. The van der Waals surface area contributed by atoms with Crippen molar-refractivity contribution in [3.63, 3.8) is 0 Å². The van der Waals surface area contributed by atoms with Gasteiger partial charge in [0.05, 0.1) is 5.56 Å². The number of benzene rings is 1. The van der Waals surface area contributed by atoms with Crippen LogP contribution < -0.4 is 10.6 Å². The Labute approximate surface area is 127 Å². The number of carbonyl (C=O) groups excluding carboxylic acids is 2. The van der Waals surface area contributed by atoms with E-state index in [0.717, 1.165) is 5.56 Å². The second kappa shape index (κ2) is 6.99. The van der Waals surface area contributed by atoms with Gasteiger partial charge in [-0.05, 0) is 29.8 Å². The highest BCUT2D eigenvalue weighted by Crippen LogP contribution is 2.06. The standard InChI is InChI=1S/C16H14N4O2/c1-18-15(21)12-4-2-3-11(7-12)9-20-16(22)13-5-6-14(8-17)19-10-13/h2-7,10H,9H2,1H3,(H,18,21)(H,20,22). The fraction of sp³-hybridized carbons (Fsp3) is 0.125. The maximum atomic E-state index is 12.0. The monoisotopic (exact) mass is 294 g/mol. The van der Waals surface area contributed by atoms with Crippen molar-refractivity contribution in [1.82, 2.24) is 15.6 Å². The molecule has 0 aliphatic heterocycles. The largest absolute Gasteiger partial charge is 0.355 e. The lowest BCUT2D eigenvalue weighted by Gasteiger charge is -2.07. The Morgan fingerprint density at radius 3 is 2.64 bits per heavy atom. The highest BCUT2D eigenvalue weighted by Gasteiger charge is 2.07. The average Bonchev–Trinajstić information content (AvgIpc) is 2.59. The molecular weight excluding hydrogens is 280 g/mol. The Morgan fingerprint density at radius 1 is 1.18 bits per heavy atom. The lowest BCUT2D eigenvalue weighted by molar-refractivity contribution is 0.0948. The molecule has 22 heavy (non-hydrogen) atoms. The van der Waals surface area contributed by atoms with Crippen LogP contribution in [0.5, 0.6) is 0 Å². The molecule has 2 rings (SSSR count). The minimum atomic E-state index is -0.290. The fourth-order valence-electron chi connectivity index (χ4n) is 1.85. The predicted molar refractivity (Wildman–Crippen MR) is 80.0 cm³/mol. The topological polar surface area (TPSA) is 94.9 Å². The van der Waals surface area contributed by atoms with E-state index in [1.54, 1.807) is 31.3 Å². The molecule has 1 aromatic heterocycles. The molecule has 0 aliphatic rings. The molecule has 0 atom stereocenters. The molecule has 0 aliphatic carbocycles. The predicted octanol–water partition coefficient (Wildman–Crippen LogP) is 1.24. The molecule has 0 saturated carbocycles. The van der Waals surface area contributed by atoms with E-state index in [1.807, 2.05) is 12.1 Å². The molecule has 0 fully saturated rings. The van der Waals surface area contributed by atoms with Crippen LogP contribution in [0.1, 0.15) is 32.0 Å². The second-order valence-corrected chi connectivity index (χ2v) is 4.51. The maximum absolute atomic E-state index is 12.0. The third-order valence-corrected chi connectivity index (χ3v) is 3.01. The highest BCUT2D eigenvalue weighted by atomic mass is 16.2. The van der Waals surface area contributed by atoms with Gasteiger partial charge in [-0.2, -0.15) is 5.26 Å². The second-order valence-electron chi connectivity index (χ2n) is 4.51. The van der Waals surface area contributed by atoms with Gasteiger partial charge >= 0.3 is 0 Å². The van der Waals surface area contributed by atoms with Crippen molar-refractivity contribution in [3.8, 4) is 6.07 Å². The fourth-order valence-corrected chi connectivity index (χ4v) is 1.85. The summed E-state index contributed by atoms with van der Waals surface area (Å²) in [6.45, 7) is 0.295. The highest BCUT2D eigenvalue weighted by molar-refractivity contribution is 5.95. The molecule has 2 N–H and O–H groups in total. The van der Waals surface area contributed by atoms with Crippen LogP contribution >= 0.6 is 0 Å². The summed E-state index contributed by atoms with van der Waals surface area (Å²) in [5.74, 6) is -0.466. The van der Waals surface area contributed by atoms with E-state index in [1.165, 1.54) is 12.3 Å². The van der Waals surface area contributed by atoms with Crippen molar-refractivity contribution in [2.75, 3.05) is 7.05 Å². The van der Waals surface area contributed by atoms with E-state index in [9.17, 15) is 9.59 Å². The van der Waals surface area contributed by atoms with E-state index < -0.39 is 0 Å². The normalized spacial score (nSPS) is 9.64. The van der Waals surface area contributed by atoms with Crippen LogP contribution in [0.15, 0.2) is 42.6 Å². The van der Waals surface area contributed by atoms with Gasteiger partial charge in [-0.25, -0.2) is 4.98 Å². The van der Waals surface area contributed by atoms with Crippen molar-refractivity contribution in [3.05, 3.63) is 65.0 Å². The number of nitrogens with one attached hydrogen (secondary N) is 2. The van der Waals surface area contributed by atoms with Crippen LogP contribution in [0.2, 0.25) is 0 Å². The van der Waals surface area contributed by atoms with E-state index in [0.29, 0.717) is 17.7 Å². The molecule has 6 nitrogen and oxygen atoms in total. The molecule has 2 amide bonds. The van der Waals surface area contributed by atoms with Crippen molar-refractivity contribution < 1.29 is 9.59 Å². The molecule has 2 aromatic rings. The van der Waals surface area contributed by atoms with Gasteiger partial charge in [-0.1, -0.05) is 12.1 Å². The van der Waals surface area contributed by atoms with Gasteiger partial charge in [-0.3, -0.25) is 9.59 Å². The Bertz CT molecular complexity index is 733. The van der Waals surface area contributed by atoms with Gasteiger partial charge in [0, 0.05) is 25.4 Å². The van der Waals surface area contributed by atoms with Crippen LogP contribution in [0, 0.1) is 11.3 Å². The number of nitriles is 1. The zero-order valence-electron chi connectivity index (χ0n) is 12.0. The van der Waals surface area contributed by atoms with Crippen LogP contribution in [0.3, 0.4) is 0 Å². The van der Waals surface area contributed by atoms with Crippen molar-refractivity contribution in [2.24, 2.45) is 0 Å². The minimum Gasteiger partial charge on any atom is -0.355 e. The molecule has 1 aromatic carbocycles. The van der Waals surface area contributed by atoms with Gasteiger partial charge in [0.1, 0.15) is 11.8 Å². The van der Waals surface area contributed by atoms with Gasteiger partial charge in [0.2, 0.25) is 0 Å². The molecule has 1 heterocycles. The third kappa shape index (κ3) is 3.67. The van der Waals surface area contributed by atoms with Crippen LogP contribution in [0.25, 0.3) is 0 Å². The number of hydrogen-bond acceptors (Lipinski definition) is 4. The van der Waals surface area contributed by atoms with E-state index >= 15 is 0 Å². The Hall–Kier alpha value is -3.20. The summed E-state index contributed by atoms with van der Waals surface area (Å²) in [6, 6.07) is 11.9. The first-order valence-corrected chi connectivity index (χ1v) is 6.59. The number of carbonyl (C=O) groups is 2. The first kappa shape index (κ1) is 15.2. The Kier molecular flexibility index (Phi) is 4.83. The quantitative estimate of drug-likeness (QED) is 0.887. The average molecular weight is 294 g/mol. The van der Waals surface area contributed by atoms with Crippen molar-refractivity contribution in [1.29, 1.82) is 5.26 Å². The summed E-state index contributed by atoms with van der Waals surface area (Å²) in [6.07, 6.45) is 1.36. The molecular formula is C16H14N4O2. The summed E-state index contributed by atoms with van der Waals surface area (Å²) in [5, 5.41) is 14.0. The number of hydrogen-bond donors (Lipinski definition) is 2. The molecule has 0 saturated heterocycles. The number of amides is 2. The number of aromatic nitrogens is 1. The van der Waals surface area contributed by atoms with Crippen LogP contribution in [-0.4, -0.2) is 23.8 Å². The molecule has 110 valence electrons. The Morgan fingerprint density at radius 2 is 2.00 bits per heavy atom. The Balaban J connectivity index is 2.01. The number of nitrogens with zero attached hydrogens (tertiary/aromatic N) is 2. The number of pyridine rings is 1. The first-order valence-electron chi connectivity index (χ1n) is 6.59. The summed E-state index contributed by atoms with van der Waals surface area (Å²) < 4.78 is 0. The lowest BCUT2D eigenvalue weighted by atomic mass is 10.1. The van der Waals surface area contributed by atoms with Gasteiger partial charge in [0.25, 0.3) is 11.8 Å². The van der Waals surface area contributed by atoms with E-state index in [-0.39, 0.29) is 17.5 Å². The summed E-state index contributed by atoms with van der Waals surface area (Å²) in [5.41, 5.74) is 1.99. The van der Waals surface area contributed by atoms with Gasteiger partial charge in [-0.15, -0.1) is 0 Å². The van der Waals surface area contributed by atoms with Crippen LogP contribution in [-0.2, 0) is 6.54 Å². The van der Waals surface area contributed by atoms with Crippen molar-refractivity contribution >= 4 is 11.8 Å². The molecule has 0 bridgehead atoms. The SMILES string of the molecule is CNC(=O)c1cccc(CNC(=O)c2ccc(C#N)nc2)c1. The summed E-state index contributed by atoms with van der Waals surface area (Å²) >= 11 is 0. The zero-order valence-corrected chi connectivity index (χ0v) is 12.0. The molecule has 0 unspecified atom stereocenters. The van der Waals surface area contributed by atoms with Crippen LogP contribution in [0.4, 0.5) is 0 Å². The third-order valence-electron chi connectivity index (χ3n) is 3.01. The zero-order chi connectivity index (χ0) is 15.9. The maximum Gasteiger partial charge on any atom is 0.253 e. The van der Waals surface area contributed by atoms with Crippen molar-refractivity contribution in [2.45, 2.75) is 6.54 Å². The smallest absolute Gasteiger partial charge is 0.253 e. The summed E-state index contributed by atoms with van der Waals surface area (Å²) in [7, 11) is 1.56. The summed E-state index contributed by atoms with van der Waals surface area (Å²) in [4.78, 5) is 27.4. The molecule has 6 heteroatoms.